The molecule has 0 unspecified atom stereocenters. The minimum absolute atomic E-state index is 0.834. The molecule has 1 aromatic carbocycles. The predicted molar refractivity (Wildman–Crippen MR) is 67.9 cm³/mol. The minimum Gasteiger partial charge on any atom is -0.496 e. The van der Waals surface area contributed by atoms with E-state index in [0.29, 0.717) is 0 Å². The summed E-state index contributed by atoms with van der Waals surface area (Å²) in [5.74, 6) is 0.834. The summed E-state index contributed by atoms with van der Waals surface area (Å²) in [7, 11) is 1.69. The number of hydrogen-bond donors (Lipinski definition) is 0. The van der Waals surface area contributed by atoms with Crippen molar-refractivity contribution >= 4 is 0 Å². The second-order valence-corrected chi connectivity index (χ2v) is 3.90. The van der Waals surface area contributed by atoms with Crippen LogP contribution in [0.1, 0.15) is 25.8 Å². The third-order valence-corrected chi connectivity index (χ3v) is 2.89. The third kappa shape index (κ3) is 4.23. The van der Waals surface area contributed by atoms with Crippen LogP contribution in [-0.4, -0.2) is 31.6 Å². The zero-order chi connectivity index (χ0) is 11.8. The molecule has 0 saturated carbocycles. The van der Waals surface area contributed by atoms with E-state index in [1.165, 1.54) is 18.5 Å². The van der Waals surface area contributed by atoms with E-state index in [0.717, 1.165) is 25.3 Å². The number of hydrogen-bond acceptors (Lipinski definition) is 2. The first-order valence-corrected chi connectivity index (χ1v) is 6.07. The summed E-state index contributed by atoms with van der Waals surface area (Å²) in [5, 5.41) is 0. The highest BCUT2D eigenvalue weighted by molar-refractivity contribution is 5.27. The van der Waals surface area contributed by atoms with Gasteiger partial charge in [-0.05, 0) is 44.1 Å². The fourth-order valence-electron chi connectivity index (χ4n) is 1.81. The zero-order valence-electron chi connectivity index (χ0n) is 10.6. The maximum absolute atomic E-state index is 5.16. The van der Waals surface area contributed by atoms with Crippen LogP contribution in [0.15, 0.2) is 18.2 Å². The van der Waals surface area contributed by atoms with Crippen molar-refractivity contribution in [2.45, 2.75) is 26.7 Å². The standard InChI is InChI=1S/C14H22NO/c1-4-15(5-2)11-7-9-13-8-6-10-14(12-13)16-3/h6,8,12H,4-5,7,9,11H2,1-3H3. The molecule has 0 heterocycles. The highest BCUT2D eigenvalue weighted by Gasteiger charge is 2.00. The highest BCUT2D eigenvalue weighted by atomic mass is 16.5. The van der Waals surface area contributed by atoms with E-state index >= 15 is 0 Å². The molecule has 0 aliphatic heterocycles. The van der Waals surface area contributed by atoms with Gasteiger partial charge in [0.2, 0.25) is 0 Å². The Kier molecular flexibility index (Phi) is 5.94. The number of rotatable bonds is 7. The van der Waals surface area contributed by atoms with Crippen LogP contribution in [0.4, 0.5) is 0 Å². The van der Waals surface area contributed by atoms with Crippen molar-refractivity contribution < 1.29 is 4.74 Å². The van der Waals surface area contributed by atoms with Crippen molar-refractivity contribution in [1.29, 1.82) is 0 Å². The lowest BCUT2D eigenvalue weighted by Gasteiger charge is -2.17. The summed E-state index contributed by atoms with van der Waals surface area (Å²) >= 11 is 0. The largest absolute Gasteiger partial charge is 0.496 e. The van der Waals surface area contributed by atoms with E-state index in [9.17, 15) is 0 Å². The Hall–Kier alpha value is -1.02. The summed E-state index contributed by atoms with van der Waals surface area (Å²) < 4.78 is 5.16. The van der Waals surface area contributed by atoms with Crippen LogP contribution in [0.5, 0.6) is 5.75 Å². The second-order valence-electron chi connectivity index (χ2n) is 3.90. The Bertz CT molecular complexity index is 295. The lowest BCUT2D eigenvalue weighted by atomic mass is 10.1. The van der Waals surface area contributed by atoms with Gasteiger partial charge in [-0.25, -0.2) is 0 Å². The molecule has 89 valence electrons. The van der Waals surface area contributed by atoms with E-state index in [-0.39, 0.29) is 0 Å². The Balaban J connectivity index is 2.36. The fraction of sp³-hybridized carbons (Fsp3) is 0.571. The van der Waals surface area contributed by atoms with Gasteiger partial charge in [0.15, 0.2) is 0 Å². The summed E-state index contributed by atoms with van der Waals surface area (Å²) in [6, 6.07) is 9.17. The molecule has 16 heavy (non-hydrogen) atoms. The molecular weight excluding hydrogens is 198 g/mol. The van der Waals surface area contributed by atoms with E-state index in [1.807, 2.05) is 6.07 Å². The van der Waals surface area contributed by atoms with Crippen LogP contribution in [0, 0.1) is 6.07 Å². The van der Waals surface area contributed by atoms with Crippen molar-refractivity contribution in [2.75, 3.05) is 26.7 Å². The van der Waals surface area contributed by atoms with Gasteiger partial charge >= 0.3 is 0 Å². The second kappa shape index (κ2) is 7.29. The van der Waals surface area contributed by atoms with E-state index < -0.39 is 0 Å². The molecule has 0 amide bonds. The first-order chi connectivity index (χ1) is 7.80. The van der Waals surface area contributed by atoms with Gasteiger partial charge in [0.1, 0.15) is 5.75 Å². The van der Waals surface area contributed by atoms with Gasteiger partial charge in [-0.1, -0.05) is 26.0 Å². The van der Waals surface area contributed by atoms with Gasteiger partial charge in [-0.15, -0.1) is 0 Å². The zero-order valence-corrected chi connectivity index (χ0v) is 10.6. The molecule has 0 aromatic heterocycles. The normalized spacial score (nSPS) is 10.8. The van der Waals surface area contributed by atoms with Crippen molar-refractivity contribution in [3.8, 4) is 5.75 Å². The van der Waals surface area contributed by atoms with Crippen LogP contribution < -0.4 is 4.74 Å². The van der Waals surface area contributed by atoms with Crippen molar-refractivity contribution in [2.24, 2.45) is 0 Å². The van der Waals surface area contributed by atoms with Crippen LogP contribution in [0.3, 0.4) is 0 Å². The summed E-state index contributed by atoms with van der Waals surface area (Å²) in [5.41, 5.74) is 1.34. The van der Waals surface area contributed by atoms with Crippen LogP contribution in [-0.2, 0) is 6.42 Å². The molecule has 1 rings (SSSR count). The van der Waals surface area contributed by atoms with Crippen molar-refractivity contribution in [3.05, 3.63) is 29.8 Å². The van der Waals surface area contributed by atoms with Gasteiger partial charge in [0.05, 0.1) is 7.11 Å². The Morgan fingerprint density at radius 3 is 2.69 bits per heavy atom. The Morgan fingerprint density at radius 1 is 1.31 bits per heavy atom. The highest BCUT2D eigenvalue weighted by Crippen LogP contribution is 2.13. The lowest BCUT2D eigenvalue weighted by Crippen LogP contribution is -2.24. The molecule has 0 bridgehead atoms. The Labute approximate surface area is 99.2 Å². The van der Waals surface area contributed by atoms with E-state index in [4.69, 9.17) is 4.74 Å². The molecule has 2 heteroatoms. The minimum atomic E-state index is 0.834. The van der Waals surface area contributed by atoms with Crippen LogP contribution in [0.25, 0.3) is 0 Å². The molecule has 1 aromatic rings. The van der Waals surface area contributed by atoms with Gasteiger partial charge < -0.3 is 9.64 Å². The monoisotopic (exact) mass is 220 g/mol. The maximum Gasteiger partial charge on any atom is 0.127 e. The van der Waals surface area contributed by atoms with E-state index in [2.05, 4.69) is 36.9 Å². The fourth-order valence-corrected chi connectivity index (χ4v) is 1.81. The quantitative estimate of drug-likeness (QED) is 0.700. The molecule has 1 radical (unpaired) electrons. The summed E-state index contributed by atoms with van der Waals surface area (Å²) in [4.78, 5) is 2.45. The number of aryl methyl sites for hydroxylation is 1. The molecule has 2 nitrogen and oxygen atoms in total. The number of nitrogens with zero attached hydrogens (tertiary/aromatic N) is 1. The predicted octanol–water partition coefficient (Wildman–Crippen LogP) is 2.77. The number of ether oxygens (including phenoxy) is 1. The summed E-state index contributed by atoms with van der Waals surface area (Å²) in [6.07, 6.45) is 2.32. The topological polar surface area (TPSA) is 12.5 Å². The maximum atomic E-state index is 5.16. The molecule has 0 fully saturated rings. The summed E-state index contributed by atoms with van der Waals surface area (Å²) in [6.45, 7) is 7.88. The Morgan fingerprint density at radius 2 is 2.06 bits per heavy atom. The smallest absolute Gasteiger partial charge is 0.127 e. The van der Waals surface area contributed by atoms with Gasteiger partial charge in [0.25, 0.3) is 0 Å². The molecular formula is C14H22NO. The van der Waals surface area contributed by atoms with Gasteiger partial charge in [-0.3, -0.25) is 0 Å². The van der Waals surface area contributed by atoms with Crippen molar-refractivity contribution in [1.82, 2.24) is 4.90 Å². The lowest BCUT2D eigenvalue weighted by molar-refractivity contribution is 0.300. The van der Waals surface area contributed by atoms with Crippen LogP contribution in [0.2, 0.25) is 0 Å². The van der Waals surface area contributed by atoms with Crippen molar-refractivity contribution in [3.63, 3.8) is 0 Å². The first kappa shape index (κ1) is 13.0. The SMILES string of the molecule is CCN(CC)CCCc1cc[c]c(OC)c1. The van der Waals surface area contributed by atoms with Gasteiger partial charge in [-0.2, -0.15) is 0 Å². The molecule has 0 N–H and O–H groups in total. The molecule has 0 aliphatic carbocycles. The molecule has 0 atom stereocenters. The molecule has 0 aliphatic rings. The molecule has 0 saturated heterocycles. The average molecular weight is 220 g/mol. The average Bonchev–Trinajstić information content (AvgIpc) is 2.35. The van der Waals surface area contributed by atoms with Gasteiger partial charge in [0, 0.05) is 6.07 Å². The van der Waals surface area contributed by atoms with E-state index in [1.54, 1.807) is 7.11 Å². The van der Waals surface area contributed by atoms with Crippen LogP contribution >= 0.6 is 0 Å². The third-order valence-electron chi connectivity index (χ3n) is 2.89. The number of benzene rings is 1. The number of methoxy groups -OCH3 is 1. The first-order valence-electron chi connectivity index (χ1n) is 6.07. The molecule has 0 spiro atoms.